The molecule has 28 heavy (non-hydrogen) atoms. The molecule has 144 valence electrons. The average molecular weight is 396 g/mol. The van der Waals surface area contributed by atoms with Crippen LogP contribution in [0.2, 0.25) is 5.02 Å². The summed E-state index contributed by atoms with van der Waals surface area (Å²) in [6.07, 6.45) is 9.36. The van der Waals surface area contributed by atoms with Crippen LogP contribution in [0.15, 0.2) is 61.1 Å². The smallest absolute Gasteiger partial charge is 0.315 e. The Kier molecular flexibility index (Phi) is 5.30. The molecule has 6 nitrogen and oxygen atoms in total. The van der Waals surface area contributed by atoms with Gasteiger partial charge in [0.2, 0.25) is 0 Å². The Balaban J connectivity index is 1.38. The zero-order valence-electron chi connectivity index (χ0n) is 15.4. The number of nitrogens with one attached hydrogen (secondary N) is 2. The molecule has 0 saturated heterocycles. The van der Waals surface area contributed by atoms with Crippen LogP contribution in [0, 0.1) is 0 Å². The number of carbonyl (C=O) groups is 1. The van der Waals surface area contributed by atoms with E-state index in [0.29, 0.717) is 11.6 Å². The number of pyridine rings is 1. The molecular weight excluding hydrogens is 374 g/mol. The van der Waals surface area contributed by atoms with E-state index in [-0.39, 0.29) is 11.6 Å². The lowest BCUT2D eigenvalue weighted by Gasteiger charge is -2.31. The molecule has 2 aromatic heterocycles. The van der Waals surface area contributed by atoms with Crippen molar-refractivity contribution in [1.29, 1.82) is 0 Å². The zero-order valence-corrected chi connectivity index (χ0v) is 16.2. The fourth-order valence-corrected chi connectivity index (χ4v) is 3.86. The van der Waals surface area contributed by atoms with Gasteiger partial charge in [-0.15, -0.1) is 0 Å². The third-order valence-electron chi connectivity index (χ3n) is 5.21. The van der Waals surface area contributed by atoms with Crippen molar-refractivity contribution in [3.63, 3.8) is 0 Å². The quantitative estimate of drug-likeness (QED) is 0.680. The summed E-state index contributed by atoms with van der Waals surface area (Å²) in [5.74, 6) is 0.742. The van der Waals surface area contributed by atoms with Crippen LogP contribution in [0.5, 0.6) is 0 Å². The molecule has 2 amide bonds. The number of hydrogen-bond donors (Lipinski definition) is 2. The van der Waals surface area contributed by atoms with Crippen LogP contribution in [-0.4, -0.2) is 20.8 Å². The Morgan fingerprint density at radius 1 is 1.14 bits per heavy atom. The van der Waals surface area contributed by atoms with E-state index in [1.165, 1.54) is 0 Å². The number of nitrogens with zero attached hydrogens (tertiary/aromatic N) is 3. The molecule has 1 aromatic carbocycles. The number of hydrogen-bond acceptors (Lipinski definition) is 3. The second-order valence-corrected chi connectivity index (χ2v) is 7.52. The van der Waals surface area contributed by atoms with Gasteiger partial charge >= 0.3 is 6.03 Å². The van der Waals surface area contributed by atoms with E-state index in [2.05, 4.69) is 20.7 Å². The number of rotatable bonds is 5. The van der Waals surface area contributed by atoms with Crippen molar-refractivity contribution in [2.24, 2.45) is 0 Å². The van der Waals surface area contributed by atoms with Crippen molar-refractivity contribution in [1.82, 2.24) is 25.4 Å². The van der Waals surface area contributed by atoms with Crippen molar-refractivity contribution in [3.05, 3.63) is 77.2 Å². The maximum atomic E-state index is 12.6. The van der Waals surface area contributed by atoms with E-state index in [0.717, 1.165) is 42.6 Å². The molecule has 3 aromatic rings. The van der Waals surface area contributed by atoms with Crippen molar-refractivity contribution < 1.29 is 4.79 Å². The second-order valence-electron chi connectivity index (χ2n) is 7.08. The number of urea groups is 1. The average Bonchev–Trinajstić information content (AvgIpc) is 3.40. The molecule has 2 N–H and O–H groups in total. The highest BCUT2D eigenvalue weighted by atomic mass is 35.5. The highest BCUT2D eigenvalue weighted by Crippen LogP contribution is 2.39. The first-order valence-corrected chi connectivity index (χ1v) is 9.79. The van der Waals surface area contributed by atoms with Gasteiger partial charge in [0.05, 0.1) is 5.54 Å². The van der Waals surface area contributed by atoms with Gasteiger partial charge in [-0.1, -0.05) is 42.6 Å². The number of aromatic nitrogens is 3. The summed E-state index contributed by atoms with van der Waals surface area (Å²) in [6.45, 7) is 0.412. The SMILES string of the molecule is O=C(NCc1ccc(-n2cccn2)nc1)NC1(c2ccc(Cl)cc2)CCCC1. The van der Waals surface area contributed by atoms with E-state index in [4.69, 9.17) is 11.6 Å². The molecule has 1 aliphatic carbocycles. The maximum absolute atomic E-state index is 12.6. The largest absolute Gasteiger partial charge is 0.334 e. The van der Waals surface area contributed by atoms with Gasteiger partial charge < -0.3 is 10.6 Å². The van der Waals surface area contributed by atoms with E-state index >= 15 is 0 Å². The molecule has 1 saturated carbocycles. The van der Waals surface area contributed by atoms with Crippen LogP contribution < -0.4 is 10.6 Å². The summed E-state index contributed by atoms with van der Waals surface area (Å²) in [5.41, 5.74) is 1.71. The summed E-state index contributed by atoms with van der Waals surface area (Å²) in [5, 5.41) is 11.0. The van der Waals surface area contributed by atoms with Gasteiger partial charge in [-0.3, -0.25) is 0 Å². The fraction of sp³-hybridized carbons (Fsp3) is 0.286. The molecule has 1 fully saturated rings. The van der Waals surface area contributed by atoms with Gasteiger partial charge in [0.25, 0.3) is 0 Å². The second kappa shape index (κ2) is 8.02. The third kappa shape index (κ3) is 4.02. The van der Waals surface area contributed by atoms with Crippen molar-refractivity contribution in [2.75, 3.05) is 0 Å². The van der Waals surface area contributed by atoms with E-state index < -0.39 is 0 Å². The monoisotopic (exact) mass is 395 g/mol. The predicted molar refractivity (Wildman–Crippen MR) is 108 cm³/mol. The first-order valence-electron chi connectivity index (χ1n) is 9.42. The molecule has 0 unspecified atom stereocenters. The highest BCUT2D eigenvalue weighted by molar-refractivity contribution is 6.30. The Bertz CT molecular complexity index is 916. The number of carbonyl (C=O) groups excluding carboxylic acids is 1. The molecule has 0 spiro atoms. The zero-order chi connectivity index (χ0) is 19.4. The molecule has 1 aliphatic rings. The lowest BCUT2D eigenvalue weighted by molar-refractivity contribution is 0.224. The predicted octanol–water partition coefficient (Wildman–Crippen LogP) is 4.19. The summed E-state index contributed by atoms with van der Waals surface area (Å²) in [6, 6.07) is 13.3. The maximum Gasteiger partial charge on any atom is 0.315 e. The van der Waals surface area contributed by atoms with Crippen LogP contribution in [0.4, 0.5) is 4.79 Å². The van der Waals surface area contributed by atoms with Gasteiger partial charge in [0.1, 0.15) is 0 Å². The van der Waals surface area contributed by atoms with Crippen molar-refractivity contribution >= 4 is 17.6 Å². The molecule has 0 aliphatic heterocycles. The molecule has 0 radical (unpaired) electrons. The van der Waals surface area contributed by atoms with Crippen LogP contribution in [-0.2, 0) is 12.1 Å². The standard InChI is InChI=1S/C21H22ClN5O/c22-18-7-5-17(6-8-18)21(10-1-2-11-21)26-20(28)24-15-16-4-9-19(23-14-16)27-13-3-12-25-27/h3-9,12-14H,1-2,10-11,15H2,(H2,24,26,28). The molecular formula is C21H22ClN5O. The minimum absolute atomic E-state index is 0.173. The van der Waals surface area contributed by atoms with Crippen LogP contribution in [0.3, 0.4) is 0 Å². The van der Waals surface area contributed by atoms with E-state index in [1.807, 2.05) is 48.7 Å². The summed E-state index contributed by atoms with van der Waals surface area (Å²) < 4.78 is 1.69. The van der Waals surface area contributed by atoms with E-state index in [9.17, 15) is 4.79 Å². The van der Waals surface area contributed by atoms with E-state index in [1.54, 1.807) is 17.1 Å². The summed E-state index contributed by atoms with van der Waals surface area (Å²) in [7, 11) is 0. The Hall–Kier alpha value is -2.86. The van der Waals surface area contributed by atoms with Crippen molar-refractivity contribution in [3.8, 4) is 5.82 Å². The number of benzene rings is 1. The minimum atomic E-state index is -0.323. The lowest BCUT2D eigenvalue weighted by Crippen LogP contribution is -2.48. The molecule has 0 bridgehead atoms. The number of halogens is 1. The van der Waals surface area contributed by atoms with Gasteiger partial charge in [0.15, 0.2) is 5.82 Å². The Morgan fingerprint density at radius 3 is 2.57 bits per heavy atom. The van der Waals surface area contributed by atoms with Crippen LogP contribution in [0.1, 0.15) is 36.8 Å². The van der Waals surface area contributed by atoms with Gasteiger partial charge in [0, 0.05) is 30.2 Å². The molecule has 7 heteroatoms. The Morgan fingerprint density at radius 2 is 1.93 bits per heavy atom. The topological polar surface area (TPSA) is 71.8 Å². The van der Waals surface area contributed by atoms with Gasteiger partial charge in [-0.2, -0.15) is 5.10 Å². The Labute approximate surface area is 168 Å². The first kappa shape index (κ1) is 18.5. The first-order chi connectivity index (χ1) is 13.6. The van der Waals surface area contributed by atoms with Crippen LogP contribution in [0.25, 0.3) is 5.82 Å². The van der Waals surface area contributed by atoms with Gasteiger partial charge in [-0.25, -0.2) is 14.5 Å². The van der Waals surface area contributed by atoms with Crippen LogP contribution >= 0.6 is 11.6 Å². The van der Waals surface area contributed by atoms with Crippen molar-refractivity contribution in [2.45, 2.75) is 37.8 Å². The highest BCUT2D eigenvalue weighted by Gasteiger charge is 2.36. The minimum Gasteiger partial charge on any atom is -0.334 e. The third-order valence-corrected chi connectivity index (χ3v) is 5.46. The summed E-state index contributed by atoms with van der Waals surface area (Å²) >= 11 is 6.02. The lowest BCUT2D eigenvalue weighted by atomic mass is 9.88. The molecule has 2 heterocycles. The van der Waals surface area contributed by atoms with Gasteiger partial charge in [-0.05, 0) is 48.2 Å². The molecule has 4 rings (SSSR count). The summed E-state index contributed by atoms with van der Waals surface area (Å²) in [4.78, 5) is 17.0. The molecule has 0 atom stereocenters. The normalized spacial score (nSPS) is 15.3. The fourth-order valence-electron chi connectivity index (χ4n) is 3.74. The number of amides is 2.